The molecule has 0 heterocycles. The van der Waals surface area contributed by atoms with Crippen molar-refractivity contribution in [2.75, 3.05) is 0 Å². The molecule has 0 amide bonds. The third-order valence-electron chi connectivity index (χ3n) is 7.41. The van der Waals surface area contributed by atoms with E-state index in [1.54, 1.807) is 0 Å². The van der Waals surface area contributed by atoms with Gasteiger partial charge in [-0.15, -0.1) is 0 Å². The average Bonchev–Trinajstić information content (AvgIpc) is 2.78. The van der Waals surface area contributed by atoms with Gasteiger partial charge >= 0.3 is 0 Å². The van der Waals surface area contributed by atoms with Crippen molar-refractivity contribution >= 4 is 38.4 Å². The Morgan fingerprint density at radius 1 is 0.700 bits per heavy atom. The van der Waals surface area contributed by atoms with Gasteiger partial charge in [-0.25, -0.2) is 0 Å². The van der Waals surface area contributed by atoms with Gasteiger partial charge in [-0.3, -0.25) is 0 Å². The van der Waals surface area contributed by atoms with E-state index in [1.807, 2.05) is 0 Å². The fraction of sp³-hybridized carbons (Fsp3) is 0.133. The Bertz CT molecular complexity index is 1580. The smallest absolute Gasteiger partial charge is 0.0159 e. The lowest BCUT2D eigenvalue weighted by atomic mass is 9.66. The molecule has 0 nitrogen and oxygen atoms in total. The van der Waals surface area contributed by atoms with Gasteiger partial charge in [-0.05, 0) is 78.2 Å². The van der Waals surface area contributed by atoms with Gasteiger partial charge in [0.25, 0.3) is 0 Å². The van der Waals surface area contributed by atoms with Crippen molar-refractivity contribution in [2.45, 2.75) is 25.7 Å². The van der Waals surface area contributed by atoms with Crippen molar-refractivity contribution in [3.8, 4) is 11.1 Å². The molecule has 0 bridgehead atoms. The van der Waals surface area contributed by atoms with E-state index in [0.29, 0.717) is 0 Å². The van der Waals surface area contributed by atoms with Crippen LogP contribution < -0.4 is 0 Å². The molecule has 0 aliphatic heterocycles. The molecule has 7 rings (SSSR count). The van der Waals surface area contributed by atoms with Crippen LogP contribution in [0.1, 0.15) is 36.1 Å². The number of hydrogen-bond donors (Lipinski definition) is 0. The molecular formula is C30H22. The summed E-state index contributed by atoms with van der Waals surface area (Å²) in [5.41, 5.74) is 8.51. The quantitative estimate of drug-likeness (QED) is 0.238. The highest BCUT2D eigenvalue weighted by Gasteiger charge is 2.35. The zero-order valence-corrected chi connectivity index (χ0v) is 17.3. The van der Waals surface area contributed by atoms with Gasteiger partial charge < -0.3 is 0 Å². The number of rotatable bonds is 0. The SMILES string of the molecule is CC1(C)c2cc3c4c(cccc4c2-c2cccc4c2c1cc1ccccc14)C=CC3. The normalized spacial score (nSPS) is 15.7. The number of fused-ring (bicyclic) bond motifs is 5. The predicted octanol–water partition coefficient (Wildman–Crippen LogP) is 8.02. The van der Waals surface area contributed by atoms with E-state index < -0.39 is 0 Å². The Morgan fingerprint density at radius 2 is 1.50 bits per heavy atom. The molecule has 0 radical (unpaired) electrons. The van der Waals surface area contributed by atoms with Crippen LogP contribution in [0.5, 0.6) is 0 Å². The fourth-order valence-corrected chi connectivity index (χ4v) is 6.01. The number of allylic oxidation sites excluding steroid dienone is 1. The number of hydrogen-bond acceptors (Lipinski definition) is 0. The van der Waals surface area contributed by atoms with E-state index >= 15 is 0 Å². The maximum Gasteiger partial charge on any atom is 0.0159 e. The lowest BCUT2D eigenvalue weighted by Crippen LogP contribution is -2.24. The van der Waals surface area contributed by atoms with Crippen LogP contribution in [0.3, 0.4) is 0 Å². The van der Waals surface area contributed by atoms with Crippen molar-refractivity contribution in [2.24, 2.45) is 0 Å². The summed E-state index contributed by atoms with van der Waals surface area (Å²) in [7, 11) is 0. The lowest BCUT2D eigenvalue weighted by Gasteiger charge is -2.37. The average molecular weight is 383 g/mol. The highest BCUT2D eigenvalue weighted by atomic mass is 14.4. The van der Waals surface area contributed by atoms with Crippen LogP contribution >= 0.6 is 0 Å². The van der Waals surface area contributed by atoms with Crippen LogP contribution in [-0.4, -0.2) is 0 Å². The molecular weight excluding hydrogens is 360 g/mol. The second kappa shape index (κ2) is 5.40. The fourth-order valence-electron chi connectivity index (χ4n) is 6.01. The zero-order valence-electron chi connectivity index (χ0n) is 17.3. The van der Waals surface area contributed by atoms with Crippen LogP contribution in [0.2, 0.25) is 0 Å². The van der Waals surface area contributed by atoms with Crippen molar-refractivity contribution in [1.82, 2.24) is 0 Å². The maximum absolute atomic E-state index is 2.50. The Balaban J connectivity index is 1.76. The van der Waals surface area contributed by atoms with Crippen LogP contribution in [0, 0.1) is 0 Å². The summed E-state index contributed by atoms with van der Waals surface area (Å²) in [6.45, 7) is 4.82. The molecule has 0 unspecified atom stereocenters. The van der Waals surface area contributed by atoms with Crippen LogP contribution in [0.4, 0.5) is 0 Å². The van der Waals surface area contributed by atoms with E-state index in [1.165, 1.54) is 65.7 Å². The minimum Gasteiger partial charge on any atom is -0.0795 e. The van der Waals surface area contributed by atoms with Crippen LogP contribution in [0.25, 0.3) is 49.5 Å². The molecule has 0 N–H and O–H groups in total. The first-order valence-electron chi connectivity index (χ1n) is 10.9. The van der Waals surface area contributed by atoms with Crippen molar-refractivity contribution in [3.63, 3.8) is 0 Å². The van der Waals surface area contributed by atoms with Crippen LogP contribution in [-0.2, 0) is 11.8 Å². The first-order valence-corrected chi connectivity index (χ1v) is 10.9. The summed E-state index contributed by atoms with van der Waals surface area (Å²) >= 11 is 0. The second-order valence-electron chi connectivity index (χ2n) is 9.33. The van der Waals surface area contributed by atoms with Gasteiger partial charge in [0.1, 0.15) is 0 Å². The first-order chi connectivity index (χ1) is 14.6. The predicted molar refractivity (Wildman–Crippen MR) is 129 cm³/mol. The highest BCUT2D eigenvalue weighted by Crippen LogP contribution is 2.53. The molecule has 5 aromatic carbocycles. The summed E-state index contributed by atoms with van der Waals surface area (Å²) in [6, 6.07) is 27.5. The van der Waals surface area contributed by atoms with Crippen molar-refractivity contribution < 1.29 is 0 Å². The molecule has 2 aliphatic rings. The van der Waals surface area contributed by atoms with E-state index in [9.17, 15) is 0 Å². The Labute approximate surface area is 176 Å². The molecule has 5 aromatic rings. The Morgan fingerprint density at radius 3 is 2.43 bits per heavy atom. The summed E-state index contributed by atoms with van der Waals surface area (Å²) in [6.07, 6.45) is 5.62. The van der Waals surface area contributed by atoms with Gasteiger partial charge in [-0.2, -0.15) is 0 Å². The Hall–Kier alpha value is -3.38. The monoisotopic (exact) mass is 382 g/mol. The van der Waals surface area contributed by atoms with E-state index in [2.05, 4.69) is 98.8 Å². The topological polar surface area (TPSA) is 0 Å². The van der Waals surface area contributed by atoms with Crippen molar-refractivity contribution in [1.29, 1.82) is 0 Å². The van der Waals surface area contributed by atoms with Gasteiger partial charge in [0.2, 0.25) is 0 Å². The second-order valence-corrected chi connectivity index (χ2v) is 9.33. The molecule has 0 fully saturated rings. The molecule has 142 valence electrons. The number of benzene rings is 5. The molecule has 0 saturated heterocycles. The van der Waals surface area contributed by atoms with E-state index in [-0.39, 0.29) is 5.41 Å². The third-order valence-corrected chi connectivity index (χ3v) is 7.41. The molecule has 2 aliphatic carbocycles. The van der Waals surface area contributed by atoms with Gasteiger partial charge in [0, 0.05) is 5.41 Å². The summed E-state index contributed by atoms with van der Waals surface area (Å²) in [5.74, 6) is 0. The van der Waals surface area contributed by atoms with Crippen molar-refractivity contribution in [3.05, 3.63) is 101 Å². The molecule has 0 atom stereocenters. The summed E-state index contributed by atoms with van der Waals surface area (Å²) in [4.78, 5) is 0. The minimum atomic E-state index is -0.0478. The largest absolute Gasteiger partial charge is 0.0795 e. The lowest BCUT2D eigenvalue weighted by molar-refractivity contribution is 0.646. The van der Waals surface area contributed by atoms with Gasteiger partial charge in [0.15, 0.2) is 0 Å². The van der Waals surface area contributed by atoms with E-state index in [0.717, 1.165) is 6.42 Å². The molecule has 30 heavy (non-hydrogen) atoms. The minimum absolute atomic E-state index is 0.0478. The summed E-state index contributed by atoms with van der Waals surface area (Å²) < 4.78 is 0. The maximum atomic E-state index is 2.50. The zero-order chi connectivity index (χ0) is 20.0. The van der Waals surface area contributed by atoms with Crippen LogP contribution in [0.15, 0.2) is 78.9 Å². The first kappa shape index (κ1) is 16.4. The van der Waals surface area contributed by atoms with E-state index in [4.69, 9.17) is 0 Å². The molecule has 0 aromatic heterocycles. The highest BCUT2D eigenvalue weighted by molar-refractivity contribution is 6.19. The van der Waals surface area contributed by atoms with Gasteiger partial charge in [0.05, 0.1) is 0 Å². The van der Waals surface area contributed by atoms with Gasteiger partial charge in [-0.1, -0.05) is 92.7 Å². The Kier molecular flexibility index (Phi) is 2.96. The summed E-state index contributed by atoms with van der Waals surface area (Å²) in [5, 5.41) is 8.34. The standard InChI is InChI=1S/C30H22/c1-30(2)25-16-19-8-3-4-12-21(19)22-13-7-15-24(28(22)25)29-23-14-6-10-18-9-5-11-20(27(18)23)17-26(29)30/h3-10,12-17H,11H2,1-2H3. The molecule has 0 spiro atoms. The molecule has 0 heteroatoms. The molecule has 0 saturated carbocycles. The third kappa shape index (κ3) is 1.87.